The Balaban J connectivity index is 2.62. The van der Waals surface area contributed by atoms with Crippen LogP contribution in [0.15, 0.2) is 29.2 Å². The summed E-state index contributed by atoms with van der Waals surface area (Å²) >= 11 is 0. The predicted molar refractivity (Wildman–Crippen MR) is 95.7 cm³/mol. The average molecular weight is 466 g/mol. The van der Waals surface area contributed by atoms with Gasteiger partial charge in [0.05, 0.1) is 18.2 Å². The van der Waals surface area contributed by atoms with E-state index in [4.69, 9.17) is 11.5 Å². The highest BCUT2D eigenvalue weighted by Crippen LogP contribution is 3.02. The molecule has 0 saturated carbocycles. The number of hydrogen-bond donors (Lipinski definition) is 2. The van der Waals surface area contributed by atoms with Crippen LogP contribution in [0.4, 0.5) is 38.4 Å². The Morgan fingerprint density at radius 1 is 1.10 bits per heavy atom. The molecule has 0 saturated heterocycles. The highest BCUT2D eigenvalue weighted by molar-refractivity contribution is 8.45. The van der Waals surface area contributed by atoms with Gasteiger partial charge in [-0.3, -0.25) is 4.79 Å². The number of nitrogens with two attached hydrogens (primary N) is 2. The lowest BCUT2D eigenvalue weighted by Crippen LogP contribution is -2.21. The third kappa shape index (κ3) is 5.15. The van der Waals surface area contributed by atoms with Crippen LogP contribution in [0.5, 0.6) is 0 Å². The summed E-state index contributed by atoms with van der Waals surface area (Å²) in [6.45, 7) is 3.11. The van der Waals surface area contributed by atoms with E-state index >= 15 is 0 Å². The smallest absolute Gasteiger partial charge is 0.383 e. The molecule has 1 aromatic carbocycles. The number of carbonyl (C=O) groups is 1. The molecule has 4 N–H and O–H groups in total. The van der Waals surface area contributed by atoms with E-state index < -0.39 is 62.7 Å². The van der Waals surface area contributed by atoms with Crippen LogP contribution in [0.3, 0.4) is 0 Å². The van der Waals surface area contributed by atoms with E-state index in [9.17, 15) is 37.4 Å². The Labute approximate surface area is 165 Å². The molecule has 0 spiro atoms. The van der Waals surface area contributed by atoms with Crippen LogP contribution in [0, 0.1) is 5.92 Å². The van der Waals surface area contributed by atoms with Gasteiger partial charge < -0.3 is 11.5 Å². The van der Waals surface area contributed by atoms with Gasteiger partial charge in [-0.25, -0.2) is 4.68 Å². The number of alkyl halides is 3. The zero-order valence-electron chi connectivity index (χ0n) is 15.6. The molecule has 0 radical (unpaired) electrons. The summed E-state index contributed by atoms with van der Waals surface area (Å²) in [4.78, 5) is 9.49. The van der Waals surface area contributed by atoms with Crippen molar-refractivity contribution in [2.24, 2.45) is 11.7 Å². The van der Waals surface area contributed by atoms with E-state index in [1.165, 1.54) is 0 Å². The fourth-order valence-electron chi connectivity index (χ4n) is 3.02. The maximum atomic E-state index is 12.9. The molecule has 0 aliphatic rings. The average Bonchev–Trinajstić information content (AvgIpc) is 2.79. The first kappa shape index (κ1) is 23.8. The Hall–Kier alpha value is -2.51. The topological polar surface area (TPSA) is 86.9 Å². The zero-order valence-corrected chi connectivity index (χ0v) is 16.4. The van der Waals surface area contributed by atoms with E-state index in [0.29, 0.717) is 0 Å². The number of nitrogen functional groups attached to an aromatic ring is 1. The Morgan fingerprint density at radius 3 is 1.97 bits per heavy atom. The predicted octanol–water partition coefficient (Wildman–Crippen LogP) is 5.57. The van der Waals surface area contributed by atoms with E-state index in [2.05, 4.69) is 5.10 Å². The molecule has 1 unspecified atom stereocenters. The number of aromatic nitrogens is 2. The van der Waals surface area contributed by atoms with Gasteiger partial charge in [0, 0.05) is 0 Å². The number of benzene rings is 1. The molecule has 0 bridgehead atoms. The van der Waals surface area contributed by atoms with E-state index in [-0.39, 0.29) is 17.7 Å². The molecule has 30 heavy (non-hydrogen) atoms. The summed E-state index contributed by atoms with van der Waals surface area (Å²) in [6.07, 6.45) is -6.36. The molecule has 1 heterocycles. The summed E-state index contributed by atoms with van der Waals surface area (Å²) in [5.41, 5.74) is 9.49. The van der Waals surface area contributed by atoms with Crippen molar-refractivity contribution in [3.05, 3.63) is 41.1 Å². The summed E-state index contributed by atoms with van der Waals surface area (Å²) in [5.74, 6) is -2.30. The molecule has 1 amide bonds. The first-order valence-electron chi connectivity index (χ1n) is 8.28. The molecule has 14 heteroatoms. The maximum Gasteiger partial charge on any atom is 0.394 e. The van der Waals surface area contributed by atoms with Crippen LogP contribution in [0.2, 0.25) is 0 Å². The number of nitrogens with zero attached hydrogens (tertiary/aromatic N) is 2. The van der Waals surface area contributed by atoms with Crippen molar-refractivity contribution in [2.45, 2.75) is 37.4 Å². The second-order valence-electron chi connectivity index (χ2n) is 7.03. The van der Waals surface area contributed by atoms with Crippen LogP contribution in [-0.4, -0.2) is 21.9 Å². The molecule has 0 aliphatic carbocycles. The molecule has 0 fully saturated rings. The van der Waals surface area contributed by atoms with Gasteiger partial charge in [-0.15, -0.1) is 0 Å². The molecule has 1 aromatic heterocycles. The number of primary amides is 1. The van der Waals surface area contributed by atoms with Crippen molar-refractivity contribution in [3.8, 4) is 0 Å². The third-order valence-electron chi connectivity index (χ3n) is 4.20. The van der Waals surface area contributed by atoms with Gasteiger partial charge in [0.15, 0.2) is 0 Å². The molecule has 1 atom stereocenters. The molecule has 2 aromatic rings. The molecule has 2 rings (SSSR count). The molecular formula is C16H18F8N4OS. The Morgan fingerprint density at radius 2 is 1.60 bits per heavy atom. The second-order valence-corrected chi connectivity index (χ2v) is 9.44. The number of carbonyl (C=O) groups excluding carboxylic acids is 1. The number of halogens is 8. The number of amides is 1. The largest absolute Gasteiger partial charge is 0.394 e. The van der Waals surface area contributed by atoms with Gasteiger partial charge in [0.1, 0.15) is 16.3 Å². The second kappa shape index (κ2) is 6.49. The van der Waals surface area contributed by atoms with Crippen LogP contribution >= 0.6 is 10.2 Å². The fraction of sp³-hybridized carbons (Fsp3) is 0.375. The summed E-state index contributed by atoms with van der Waals surface area (Å²) < 4.78 is 104. The fourth-order valence-corrected chi connectivity index (χ4v) is 3.67. The lowest BCUT2D eigenvalue weighted by Gasteiger charge is -2.40. The van der Waals surface area contributed by atoms with Gasteiger partial charge in [0.2, 0.25) is 0 Å². The molecule has 5 nitrogen and oxygen atoms in total. The lowest BCUT2D eigenvalue weighted by atomic mass is 9.96. The van der Waals surface area contributed by atoms with Crippen LogP contribution in [0.1, 0.15) is 41.5 Å². The van der Waals surface area contributed by atoms with Crippen molar-refractivity contribution in [3.63, 3.8) is 0 Å². The summed E-state index contributed by atoms with van der Waals surface area (Å²) in [6, 6.07) is 0.811. The zero-order chi connectivity index (χ0) is 23.3. The number of hydrogen-bond acceptors (Lipinski definition) is 3. The monoisotopic (exact) mass is 466 g/mol. The van der Waals surface area contributed by atoms with Gasteiger partial charge in [-0.1, -0.05) is 45.4 Å². The Kier molecular flexibility index (Phi) is 5.14. The van der Waals surface area contributed by atoms with Crippen LogP contribution < -0.4 is 11.5 Å². The third-order valence-corrected chi connectivity index (χ3v) is 5.36. The minimum Gasteiger partial charge on any atom is -0.383 e. The van der Waals surface area contributed by atoms with E-state index in [1.807, 2.05) is 0 Å². The van der Waals surface area contributed by atoms with Gasteiger partial charge in [0.25, 0.3) is 5.91 Å². The maximum absolute atomic E-state index is 12.9. The minimum absolute atomic E-state index is 0.0133. The first-order chi connectivity index (χ1) is 13.2. The summed E-state index contributed by atoms with van der Waals surface area (Å²) in [5, 5.41) is 3.72. The van der Waals surface area contributed by atoms with Crippen molar-refractivity contribution >= 4 is 21.9 Å². The lowest BCUT2D eigenvalue weighted by molar-refractivity contribution is -0.127. The number of rotatable bonds is 6. The summed E-state index contributed by atoms with van der Waals surface area (Å²) in [7, 11) is -9.90. The standard InChI is InChI=1S/C16H18F8N4OS/c1-8(2)13(9-3-5-10(6-4-9)30(20,21,22,23)24)28-14(25)12(15(26)29)11(27-28)7-16(17,18)19/h3-6,8,13H,7,25H2,1-2H3,(H2,26,29). The normalized spacial score (nSPS) is 16.2. The highest BCUT2D eigenvalue weighted by Gasteiger charge is 2.65. The van der Waals surface area contributed by atoms with Crippen molar-refractivity contribution in [1.82, 2.24) is 9.78 Å². The SMILES string of the molecule is CC(C)C(c1ccc(S(F)(F)(F)(F)F)cc1)n1nc(CC(F)(F)F)c(C(N)=O)c1N. The molecule has 0 aliphatic heterocycles. The van der Waals surface area contributed by atoms with Crippen molar-refractivity contribution < 1.29 is 37.4 Å². The van der Waals surface area contributed by atoms with Crippen LogP contribution in [0.25, 0.3) is 0 Å². The minimum atomic E-state index is -9.90. The number of anilines is 1. The van der Waals surface area contributed by atoms with E-state index in [0.717, 1.165) is 16.8 Å². The van der Waals surface area contributed by atoms with Crippen molar-refractivity contribution in [2.75, 3.05) is 5.73 Å². The molecular weight excluding hydrogens is 448 g/mol. The van der Waals surface area contributed by atoms with Gasteiger partial charge >= 0.3 is 16.4 Å². The quantitative estimate of drug-likeness (QED) is 0.546. The van der Waals surface area contributed by atoms with Crippen molar-refractivity contribution in [1.29, 1.82) is 0 Å². The van der Waals surface area contributed by atoms with Crippen LogP contribution in [-0.2, 0) is 6.42 Å². The van der Waals surface area contributed by atoms with Gasteiger partial charge in [-0.2, -0.15) is 18.3 Å². The first-order valence-corrected chi connectivity index (χ1v) is 10.2. The highest BCUT2D eigenvalue weighted by atomic mass is 32.5. The Bertz CT molecular complexity index is 965. The van der Waals surface area contributed by atoms with E-state index in [1.54, 1.807) is 13.8 Å². The van der Waals surface area contributed by atoms with Gasteiger partial charge in [-0.05, 0) is 23.6 Å². The molecule has 170 valence electrons.